The predicted octanol–water partition coefficient (Wildman–Crippen LogP) is 0.671. The Balaban J connectivity index is 1.22. The molecule has 1 fully saturated rings. The van der Waals surface area contributed by atoms with Crippen molar-refractivity contribution in [3.05, 3.63) is 53.9 Å². The van der Waals surface area contributed by atoms with Crippen LogP contribution >= 0.6 is 0 Å². The Labute approximate surface area is 225 Å². The number of piperazine rings is 1. The standard InChI is InChI=1S/C24H24N12O3/c1-14-4-5-18(25-10-14)36-24(29-31-32-36)34-8-6-33(7-9-34)23(38)21(37)16-11-26-20-19(16)17(39-3)12-27-22(20)35-13-28-15(2)30-35/h4-5,10-13,26H,6-9H2,1-3H3/i4D,5D,10D. The Hall–Kier alpha value is -5.21. The first-order chi connectivity index (χ1) is 20.2. The van der Waals surface area contributed by atoms with E-state index in [1.54, 1.807) is 18.7 Å². The molecule has 6 rings (SSSR count). The van der Waals surface area contributed by atoms with Crippen LogP contribution in [0.15, 0.2) is 37.0 Å². The van der Waals surface area contributed by atoms with Crippen LogP contribution in [0.1, 0.15) is 25.9 Å². The number of nitrogens with one attached hydrogen (secondary N) is 1. The highest BCUT2D eigenvalue weighted by Gasteiger charge is 2.31. The number of rotatable bonds is 6. The summed E-state index contributed by atoms with van der Waals surface area (Å²) in [5.74, 6) is 0.0960. The number of fused-ring (bicyclic) bond motifs is 1. The van der Waals surface area contributed by atoms with E-state index < -0.39 is 11.7 Å². The number of tetrazole rings is 1. The van der Waals surface area contributed by atoms with Crippen LogP contribution in [0.3, 0.4) is 0 Å². The molecule has 0 radical (unpaired) electrons. The molecule has 0 bridgehead atoms. The number of aromatic amines is 1. The summed E-state index contributed by atoms with van der Waals surface area (Å²) >= 11 is 0. The summed E-state index contributed by atoms with van der Waals surface area (Å²) in [6, 6.07) is -0.337. The fourth-order valence-corrected chi connectivity index (χ4v) is 4.39. The lowest BCUT2D eigenvalue weighted by Crippen LogP contribution is -2.51. The van der Waals surface area contributed by atoms with Crippen LogP contribution in [0.5, 0.6) is 5.75 Å². The van der Waals surface area contributed by atoms with Gasteiger partial charge in [0.05, 0.1) is 33.9 Å². The molecule has 15 nitrogen and oxygen atoms in total. The van der Waals surface area contributed by atoms with E-state index in [1.165, 1.54) is 40.1 Å². The summed E-state index contributed by atoms with van der Waals surface area (Å²) in [7, 11) is 1.46. The quantitative estimate of drug-likeness (QED) is 0.242. The highest BCUT2D eigenvalue weighted by molar-refractivity contribution is 6.45. The fourth-order valence-electron chi connectivity index (χ4n) is 4.39. The van der Waals surface area contributed by atoms with Crippen molar-refractivity contribution in [2.45, 2.75) is 13.8 Å². The minimum atomic E-state index is -0.710. The first kappa shape index (κ1) is 20.8. The number of H-pyrrole nitrogens is 1. The molecule has 1 aliphatic rings. The highest BCUT2D eigenvalue weighted by atomic mass is 16.5. The van der Waals surface area contributed by atoms with Gasteiger partial charge in [0.25, 0.3) is 17.6 Å². The minimum absolute atomic E-state index is 0.0347. The first-order valence-corrected chi connectivity index (χ1v) is 11.9. The number of pyridine rings is 2. The number of methoxy groups -OCH3 is 1. The third-order valence-electron chi connectivity index (χ3n) is 6.33. The third kappa shape index (κ3) is 4.22. The Bertz CT molecular complexity index is 1860. The number of ether oxygens (including phenoxy) is 1. The van der Waals surface area contributed by atoms with Crippen LogP contribution in [-0.2, 0) is 4.79 Å². The van der Waals surface area contributed by atoms with Crippen LogP contribution < -0.4 is 9.64 Å². The number of aromatic nitrogens is 10. The molecular weight excluding hydrogens is 504 g/mol. The van der Waals surface area contributed by atoms with Gasteiger partial charge in [-0.2, -0.15) is 9.78 Å². The molecule has 1 N–H and O–H groups in total. The monoisotopic (exact) mass is 531 g/mol. The molecule has 0 aliphatic carbocycles. The van der Waals surface area contributed by atoms with Gasteiger partial charge in [-0.1, -0.05) is 11.1 Å². The van der Waals surface area contributed by atoms with Crippen LogP contribution in [0, 0.1) is 13.8 Å². The number of ketones is 1. The molecule has 6 heterocycles. The SMILES string of the molecule is [2H]c1nc(-n2nnnc2N2CCN(C(=O)C(=O)c3c[nH]c4c(-n5cnc(C)n5)ncc(OC)c34)CC2)c([2H])c([2H])c1C. The van der Waals surface area contributed by atoms with Crippen LogP contribution in [0.2, 0.25) is 0 Å². The van der Waals surface area contributed by atoms with Crippen LogP contribution in [0.25, 0.3) is 22.5 Å². The van der Waals surface area contributed by atoms with Crippen molar-refractivity contribution in [1.82, 2.24) is 54.8 Å². The molecular formula is C24H24N12O3. The summed E-state index contributed by atoms with van der Waals surface area (Å²) in [5.41, 5.74) is 0.894. The smallest absolute Gasteiger partial charge is 0.295 e. The molecule has 15 heteroatoms. The fraction of sp³-hybridized carbons (Fsp3) is 0.292. The largest absolute Gasteiger partial charge is 0.494 e. The van der Waals surface area contributed by atoms with Gasteiger partial charge in [-0.05, 0) is 35.9 Å². The van der Waals surface area contributed by atoms with Gasteiger partial charge in [-0.15, -0.1) is 0 Å². The Morgan fingerprint density at radius 3 is 2.67 bits per heavy atom. The van der Waals surface area contributed by atoms with Crippen molar-refractivity contribution in [2.24, 2.45) is 0 Å². The molecule has 0 unspecified atom stereocenters. The van der Waals surface area contributed by atoms with Gasteiger partial charge in [0.2, 0.25) is 0 Å². The number of carbonyl (C=O) groups is 2. The molecule has 198 valence electrons. The molecule has 39 heavy (non-hydrogen) atoms. The number of hydrogen-bond acceptors (Lipinski definition) is 11. The maximum absolute atomic E-state index is 13.5. The zero-order chi connectivity index (χ0) is 29.7. The number of carbonyl (C=O) groups excluding carboxylic acids is 2. The van der Waals surface area contributed by atoms with Gasteiger partial charge in [-0.3, -0.25) is 9.59 Å². The lowest BCUT2D eigenvalue weighted by molar-refractivity contribution is -0.126. The number of aryl methyl sites for hydroxylation is 1. The molecule has 0 spiro atoms. The van der Waals surface area contributed by atoms with Gasteiger partial charge in [0.1, 0.15) is 17.9 Å². The second kappa shape index (κ2) is 9.59. The van der Waals surface area contributed by atoms with E-state index in [0.29, 0.717) is 28.3 Å². The predicted molar refractivity (Wildman–Crippen MR) is 137 cm³/mol. The molecule has 5 aromatic heterocycles. The molecule has 0 saturated carbocycles. The molecule has 1 amide bonds. The van der Waals surface area contributed by atoms with Crippen molar-refractivity contribution in [1.29, 1.82) is 0 Å². The molecule has 0 aromatic carbocycles. The van der Waals surface area contributed by atoms with Crippen molar-refractivity contribution in [2.75, 3.05) is 38.2 Å². The van der Waals surface area contributed by atoms with Crippen LogP contribution in [-0.4, -0.2) is 99.8 Å². The topological polar surface area (TPSA) is 166 Å². The van der Waals surface area contributed by atoms with E-state index in [0.717, 1.165) is 0 Å². The van der Waals surface area contributed by atoms with Crippen molar-refractivity contribution in [3.63, 3.8) is 0 Å². The molecule has 5 aromatic rings. The lowest BCUT2D eigenvalue weighted by atomic mass is 10.1. The van der Waals surface area contributed by atoms with E-state index in [9.17, 15) is 9.59 Å². The Kier molecular flexibility index (Phi) is 5.11. The summed E-state index contributed by atoms with van der Waals surface area (Å²) in [5, 5.41) is 16.4. The summed E-state index contributed by atoms with van der Waals surface area (Å²) < 4.78 is 32.6. The average Bonchev–Trinajstić information content (AvgIpc) is 3.77. The maximum Gasteiger partial charge on any atom is 0.295 e. The summed E-state index contributed by atoms with van der Waals surface area (Å²) in [4.78, 5) is 45.7. The second-order valence-corrected chi connectivity index (χ2v) is 8.76. The third-order valence-corrected chi connectivity index (χ3v) is 6.33. The molecule has 0 atom stereocenters. The Morgan fingerprint density at radius 1 is 1.10 bits per heavy atom. The van der Waals surface area contributed by atoms with Gasteiger partial charge in [0, 0.05) is 38.5 Å². The zero-order valence-electron chi connectivity index (χ0n) is 24.2. The molecule has 1 aliphatic heterocycles. The normalized spacial score (nSPS) is 14.8. The molecule has 1 saturated heterocycles. The first-order valence-electron chi connectivity index (χ1n) is 13.4. The van der Waals surface area contributed by atoms with E-state index in [2.05, 4.69) is 40.6 Å². The van der Waals surface area contributed by atoms with E-state index in [-0.39, 0.29) is 67.3 Å². The van der Waals surface area contributed by atoms with Crippen molar-refractivity contribution < 1.29 is 18.4 Å². The number of nitrogens with zero attached hydrogens (tertiary/aromatic N) is 11. The average molecular weight is 532 g/mol. The van der Waals surface area contributed by atoms with E-state index in [1.807, 2.05) is 0 Å². The summed E-state index contributed by atoms with van der Waals surface area (Å²) in [6.07, 6.45) is 4.28. The number of hydrogen-bond donors (Lipinski definition) is 1. The summed E-state index contributed by atoms with van der Waals surface area (Å²) in [6.45, 7) is 4.27. The minimum Gasteiger partial charge on any atom is -0.494 e. The van der Waals surface area contributed by atoms with Crippen molar-refractivity contribution >= 4 is 28.5 Å². The number of anilines is 1. The number of Topliss-reactive ketones (excluding diaryl/α,β-unsaturated/α-hetero) is 1. The van der Waals surface area contributed by atoms with E-state index >= 15 is 0 Å². The Morgan fingerprint density at radius 2 is 1.92 bits per heavy atom. The van der Waals surface area contributed by atoms with Gasteiger partial charge in [0.15, 0.2) is 11.6 Å². The van der Waals surface area contributed by atoms with Gasteiger partial charge >= 0.3 is 0 Å². The van der Waals surface area contributed by atoms with Crippen molar-refractivity contribution in [3.8, 4) is 17.4 Å². The van der Waals surface area contributed by atoms with E-state index in [4.69, 9.17) is 8.85 Å². The lowest BCUT2D eigenvalue weighted by Gasteiger charge is -2.34. The highest BCUT2D eigenvalue weighted by Crippen LogP contribution is 2.32. The van der Waals surface area contributed by atoms with Crippen LogP contribution in [0.4, 0.5) is 5.95 Å². The maximum atomic E-state index is 13.5. The van der Waals surface area contributed by atoms with Gasteiger partial charge < -0.3 is 19.5 Å². The zero-order valence-corrected chi connectivity index (χ0v) is 21.2. The second-order valence-electron chi connectivity index (χ2n) is 8.76. The number of amides is 1. The van der Waals surface area contributed by atoms with Gasteiger partial charge in [-0.25, -0.2) is 19.6 Å².